The third kappa shape index (κ3) is 3.51. The summed E-state index contributed by atoms with van der Waals surface area (Å²) < 4.78 is 10.7. The molecule has 5 nitrogen and oxygen atoms in total. The van der Waals surface area contributed by atoms with Crippen LogP contribution in [0.15, 0.2) is 53.1 Å². The van der Waals surface area contributed by atoms with Crippen molar-refractivity contribution in [2.45, 2.75) is 26.4 Å². The van der Waals surface area contributed by atoms with Crippen molar-refractivity contribution in [1.82, 2.24) is 4.98 Å². The van der Waals surface area contributed by atoms with Gasteiger partial charge in [0.1, 0.15) is 11.1 Å². The lowest BCUT2D eigenvalue weighted by Crippen LogP contribution is -2.27. The second kappa shape index (κ2) is 5.76. The molecule has 1 aromatic carbocycles. The number of benzene rings is 1. The average molecular weight is 310 g/mol. The number of aromatic nitrogens is 1. The van der Waals surface area contributed by atoms with Gasteiger partial charge in [0.05, 0.1) is 17.6 Å². The van der Waals surface area contributed by atoms with Crippen molar-refractivity contribution in [3.63, 3.8) is 0 Å². The SMILES string of the molecule is CC(C)(C)OC(=O)Nc1cc(-c2ccccc2)nc2ccoc12. The maximum atomic E-state index is 12.0. The molecule has 0 radical (unpaired) electrons. The molecule has 118 valence electrons. The number of rotatable bonds is 2. The zero-order valence-corrected chi connectivity index (χ0v) is 13.3. The van der Waals surface area contributed by atoms with Gasteiger partial charge < -0.3 is 9.15 Å². The van der Waals surface area contributed by atoms with Crippen LogP contribution in [0.1, 0.15) is 20.8 Å². The highest BCUT2D eigenvalue weighted by Crippen LogP contribution is 2.29. The molecule has 1 amide bonds. The number of pyridine rings is 1. The minimum absolute atomic E-state index is 0.524. The van der Waals surface area contributed by atoms with E-state index in [1.807, 2.05) is 51.1 Å². The average Bonchev–Trinajstić information content (AvgIpc) is 2.94. The molecule has 0 saturated heterocycles. The highest BCUT2D eigenvalue weighted by molar-refractivity contribution is 5.97. The van der Waals surface area contributed by atoms with Crippen molar-refractivity contribution >= 4 is 22.9 Å². The molecule has 0 saturated carbocycles. The number of hydrogen-bond donors (Lipinski definition) is 1. The van der Waals surface area contributed by atoms with E-state index >= 15 is 0 Å². The quantitative estimate of drug-likeness (QED) is 0.735. The van der Waals surface area contributed by atoms with E-state index < -0.39 is 11.7 Å². The van der Waals surface area contributed by atoms with Gasteiger partial charge in [-0.15, -0.1) is 0 Å². The van der Waals surface area contributed by atoms with Gasteiger partial charge >= 0.3 is 6.09 Å². The maximum absolute atomic E-state index is 12.0. The molecule has 0 aliphatic heterocycles. The third-order valence-electron chi connectivity index (χ3n) is 3.12. The van der Waals surface area contributed by atoms with Crippen molar-refractivity contribution in [3.05, 3.63) is 48.7 Å². The zero-order valence-electron chi connectivity index (χ0n) is 13.3. The van der Waals surface area contributed by atoms with Crippen LogP contribution in [0.3, 0.4) is 0 Å². The predicted molar refractivity (Wildman–Crippen MR) is 89.3 cm³/mol. The molecule has 3 aromatic rings. The van der Waals surface area contributed by atoms with Gasteiger partial charge in [-0.3, -0.25) is 5.32 Å². The van der Waals surface area contributed by atoms with E-state index in [4.69, 9.17) is 9.15 Å². The summed E-state index contributed by atoms with van der Waals surface area (Å²) >= 11 is 0. The summed E-state index contributed by atoms with van der Waals surface area (Å²) in [6.07, 6.45) is 1.02. The van der Waals surface area contributed by atoms with E-state index in [1.54, 1.807) is 18.4 Å². The topological polar surface area (TPSA) is 64.4 Å². The Balaban J connectivity index is 1.99. The Kier molecular flexibility index (Phi) is 3.78. The number of anilines is 1. The molecule has 2 aromatic heterocycles. The molecule has 1 N–H and O–H groups in total. The first-order valence-electron chi connectivity index (χ1n) is 7.36. The van der Waals surface area contributed by atoms with Gasteiger partial charge in [0.25, 0.3) is 0 Å². The highest BCUT2D eigenvalue weighted by atomic mass is 16.6. The van der Waals surface area contributed by atoms with Crippen LogP contribution in [0.5, 0.6) is 0 Å². The van der Waals surface area contributed by atoms with E-state index in [2.05, 4.69) is 10.3 Å². The summed E-state index contributed by atoms with van der Waals surface area (Å²) in [4.78, 5) is 16.6. The summed E-state index contributed by atoms with van der Waals surface area (Å²) in [6.45, 7) is 5.45. The number of nitrogens with one attached hydrogen (secondary N) is 1. The number of fused-ring (bicyclic) bond motifs is 1. The lowest BCUT2D eigenvalue weighted by molar-refractivity contribution is 0.0636. The van der Waals surface area contributed by atoms with Gasteiger partial charge in [-0.1, -0.05) is 30.3 Å². The summed E-state index contributed by atoms with van der Waals surface area (Å²) in [7, 11) is 0. The number of amides is 1. The molecule has 23 heavy (non-hydrogen) atoms. The van der Waals surface area contributed by atoms with Gasteiger partial charge in [-0.2, -0.15) is 0 Å². The fourth-order valence-electron chi connectivity index (χ4n) is 2.22. The lowest BCUT2D eigenvalue weighted by atomic mass is 10.1. The molecule has 0 spiro atoms. The van der Waals surface area contributed by atoms with Crippen molar-refractivity contribution in [2.75, 3.05) is 5.32 Å². The molecule has 0 atom stereocenters. The number of furan rings is 1. The van der Waals surface area contributed by atoms with E-state index in [0.717, 1.165) is 11.3 Å². The van der Waals surface area contributed by atoms with E-state index in [-0.39, 0.29) is 0 Å². The van der Waals surface area contributed by atoms with Gasteiger partial charge in [-0.25, -0.2) is 9.78 Å². The number of hydrogen-bond acceptors (Lipinski definition) is 4. The summed E-state index contributed by atoms with van der Waals surface area (Å²) in [6, 6.07) is 13.3. The van der Waals surface area contributed by atoms with Crippen LogP contribution in [0.25, 0.3) is 22.4 Å². The Morgan fingerprint density at radius 3 is 2.61 bits per heavy atom. The van der Waals surface area contributed by atoms with Crippen LogP contribution in [-0.4, -0.2) is 16.7 Å². The molecule has 0 bridgehead atoms. The fourth-order valence-corrected chi connectivity index (χ4v) is 2.22. The van der Waals surface area contributed by atoms with E-state index in [1.165, 1.54) is 0 Å². The second-order valence-electron chi connectivity index (χ2n) is 6.18. The summed E-state index contributed by atoms with van der Waals surface area (Å²) in [5, 5.41) is 2.74. The van der Waals surface area contributed by atoms with Crippen LogP contribution in [0.2, 0.25) is 0 Å². The van der Waals surface area contributed by atoms with Gasteiger partial charge in [0, 0.05) is 11.6 Å². The summed E-state index contributed by atoms with van der Waals surface area (Å²) in [5.74, 6) is 0. The minimum atomic E-state index is -0.568. The van der Waals surface area contributed by atoms with Crippen molar-refractivity contribution in [2.24, 2.45) is 0 Å². The first-order valence-corrected chi connectivity index (χ1v) is 7.36. The van der Waals surface area contributed by atoms with Crippen molar-refractivity contribution < 1.29 is 13.9 Å². The van der Waals surface area contributed by atoms with Gasteiger partial charge in [0.2, 0.25) is 0 Å². The third-order valence-corrected chi connectivity index (χ3v) is 3.12. The smallest absolute Gasteiger partial charge is 0.412 e. The molecule has 0 unspecified atom stereocenters. The number of carbonyl (C=O) groups is 1. The minimum Gasteiger partial charge on any atom is -0.460 e. The maximum Gasteiger partial charge on any atom is 0.412 e. The van der Waals surface area contributed by atoms with Crippen molar-refractivity contribution in [1.29, 1.82) is 0 Å². The Bertz CT molecular complexity index is 832. The Labute approximate surface area is 134 Å². The second-order valence-corrected chi connectivity index (χ2v) is 6.18. The molecule has 0 fully saturated rings. The van der Waals surface area contributed by atoms with Gasteiger partial charge in [-0.05, 0) is 26.8 Å². The normalized spacial score (nSPS) is 11.4. The molecular weight excluding hydrogens is 292 g/mol. The number of nitrogens with zero attached hydrogens (tertiary/aromatic N) is 1. The molecule has 2 heterocycles. The standard InChI is InChI=1S/C18H18N2O3/c1-18(2,3)23-17(21)20-15-11-14(12-7-5-4-6-8-12)19-13-9-10-22-16(13)15/h4-11H,1-3H3,(H,19,20,21). The monoisotopic (exact) mass is 310 g/mol. The van der Waals surface area contributed by atoms with Crippen LogP contribution in [-0.2, 0) is 4.74 Å². The van der Waals surface area contributed by atoms with Crippen LogP contribution in [0, 0.1) is 0 Å². The first-order chi connectivity index (χ1) is 10.9. The Morgan fingerprint density at radius 1 is 1.17 bits per heavy atom. The molecule has 3 rings (SSSR count). The van der Waals surface area contributed by atoms with E-state index in [9.17, 15) is 4.79 Å². The molecule has 0 aliphatic rings. The molecule has 5 heteroatoms. The first kappa shape index (κ1) is 15.1. The van der Waals surface area contributed by atoms with Crippen LogP contribution >= 0.6 is 0 Å². The van der Waals surface area contributed by atoms with Crippen LogP contribution in [0.4, 0.5) is 10.5 Å². The Hall–Kier alpha value is -2.82. The summed E-state index contributed by atoms with van der Waals surface area (Å²) in [5.41, 5.74) is 2.89. The zero-order chi connectivity index (χ0) is 16.4. The van der Waals surface area contributed by atoms with Crippen LogP contribution < -0.4 is 5.32 Å². The number of carbonyl (C=O) groups excluding carboxylic acids is 1. The van der Waals surface area contributed by atoms with Crippen molar-refractivity contribution in [3.8, 4) is 11.3 Å². The predicted octanol–water partition coefficient (Wildman–Crippen LogP) is 4.84. The van der Waals surface area contributed by atoms with E-state index in [0.29, 0.717) is 16.8 Å². The fraction of sp³-hybridized carbons (Fsp3) is 0.222. The molecule has 0 aliphatic carbocycles. The van der Waals surface area contributed by atoms with Gasteiger partial charge in [0.15, 0.2) is 5.58 Å². The molecular formula is C18H18N2O3. The Morgan fingerprint density at radius 2 is 1.91 bits per heavy atom. The number of ether oxygens (including phenoxy) is 1. The highest BCUT2D eigenvalue weighted by Gasteiger charge is 2.18. The lowest BCUT2D eigenvalue weighted by Gasteiger charge is -2.19. The largest absolute Gasteiger partial charge is 0.460 e.